The van der Waals surface area contributed by atoms with Crippen LogP contribution in [0.2, 0.25) is 0 Å². The summed E-state index contributed by atoms with van der Waals surface area (Å²) in [6.45, 7) is 3.02. The predicted octanol–water partition coefficient (Wildman–Crippen LogP) is 2.31. The second-order valence-corrected chi connectivity index (χ2v) is 8.74. The van der Waals surface area contributed by atoms with E-state index >= 15 is 0 Å². The summed E-state index contributed by atoms with van der Waals surface area (Å²) in [5.41, 5.74) is 0.811. The smallest absolute Gasteiger partial charge is 0.314 e. The zero-order chi connectivity index (χ0) is 18.4. The third-order valence-electron chi connectivity index (χ3n) is 5.04. The van der Waals surface area contributed by atoms with E-state index in [-0.39, 0.29) is 4.90 Å². The Morgan fingerprint density at radius 1 is 1.00 bits per heavy atom. The Kier molecular flexibility index (Phi) is 4.21. The Labute approximate surface area is 146 Å². The zero-order valence-electron chi connectivity index (χ0n) is 14.0. The summed E-state index contributed by atoms with van der Waals surface area (Å²) in [4.78, 5) is 12.0. The van der Waals surface area contributed by atoms with Gasteiger partial charge in [0, 0.05) is 5.92 Å². The maximum Gasteiger partial charge on any atom is 0.314 e. The topological polar surface area (TPSA) is 91.7 Å². The molecule has 0 unspecified atom stereocenters. The first-order chi connectivity index (χ1) is 11.7. The van der Waals surface area contributed by atoms with Crippen molar-refractivity contribution in [1.29, 1.82) is 0 Å². The minimum atomic E-state index is -3.90. The van der Waals surface area contributed by atoms with Crippen molar-refractivity contribution in [2.24, 2.45) is 5.41 Å². The lowest BCUT2D eigenvalue weighted by Crippen LogP contribution is -2.27. The minimum absolute atomic E-state index is 0.0804. The van der Waals surface area contributed by atoms with Gasteiger partial charge < -0.3 is 10.2 Å². The number of benzene rings is 2. The van der Waals surface area contributed by atoms with Crippen LogP contribution in [-0.4, -0.2) is 36.5 Å². The maximum atomic E-state index is 13.1. The molecule has 1 fully saturated rings. The van der Waals surface area contributed by atoms with Gasteiger partial charge in [-0.05, 0) is 31.5 Å². The van der Waals surface area contributed by atoms with Crippen molar-refractivity contribution in [1.82, 2.24) is 0 Å². The molecule has 2 N–H and O–H groups in total. The SMILES string of the molecule is Cc1ccc([C@@H]2[C@@H](S(=O)(=O)c3ccc(C)cc3)[C@]2(CO)C(=O)O)cc1. The highest BCUT2D eigenvalue weighted by Gasteiger charge is 2.75. The third kappa shape index (κ3) is 2.65. The van der Waals surface area contributed by atoms with Crippen LogP contribution in [-0.2, 0) is 14.6 Å². The van der Waals surface area contributed by atoms with E-state index in [1.54, 1.807) is 24.3 Å². The molecule has 3 atom stereocenters. The van der Waals surface area contributed by atoms with E-state index < -0.39 is 39.0 Å². The number of hydrogen-bond donors (Lipinski definition) is 2. The first-order valence-electron chi connectivity index (χ1n) is 7.96. The van der Waals surface area contributed by atoms with E-state index in [0.29, 0.717) is 5.56 Å². The van der Waals surface area contributed by atoms with E-state index in [1.807, 2.05) is 26.0 Å². The van der Waals surface area contributed by atoms with Gasteiger partial charge in [0.25, 0.3) is 0 Å². The molecule has 0 heterocycles. The van der Waals surface area contributed by atoms with Crippen molar-refractivity contribution < 1.29 is 23.4 Å². The van der Waals surface area contributed by atoms with Gasteiger partial charge in [0.1, 0.15) is 5.41 Å². The fourth-order valence-electron chi connectivity index (χ4n) is 3.49. The average Bonchev–Trinajstić information content (AvgIpc) is 3.27. The minimum Gasteiger partial charge on any atom is -0.481 e. The summed E-state index contributed by atoms with van der Waals surface area (Å²) in [5.74, 6) is -2.07. The number of aliphatic hydroxyl groups excluding tert-OH is 1. The zero-order valence-corrected chi connectivity index (χ0v) is 14.8. The highest BCUT2D eigenvalue weighted by atomic mass is 32.2. The van der Waals surface area contributed by atoms with Crippen LogP contribution in [0.3, 0.4) is 0 Å². The normalized spacial score (nSPS) is 25.6. The number of aliphatic hydroxyl groups is 1. The molecule has 0 aliphatic heterocycles. The number of aliphatic carboxylic acids is 1. The second-order valence-electron chi connectivity index (χ2n) is 6.67. The Bertz CT molecular complexity index is 900. The van der Waals surface area contributed by atoms with Gasteiger partial charge in [0.2, 0.25) is 0 Å². The van der Waals surface area contributed by atoms with E-state index in [1.165, 1.54) is 12.1 Å². The van der Waals surface area contributed by atoms with Gasteiger partial charge in [-0.15, -0.1) is 0 Å². The molecule has 1 aliphatic carbocycles. The van der Waals surface area contributed by atoms with Gasteiger partial charge >= 0.3 is 5.97 Å². The molecule has 0 radical (unpaired) electrons. The van der Waals surface area contributed by atoms with Crippen molar-refractivity contribution in [3.05, 3.63) is 65.2 Å². The predicted molar refractivity (Wildman–Crippen MR) is 93.2 cm³/mol. The van der Waals surface area contributed by atoms with Crippen LogP contribution in [0.1, 0.15) is 22.6 Å². The molecule has 25 heavy (non-hydrogen) atoms. The molecule has 1 aliphatic rings. The molecule has 0 amide bonds. The van der Waals surface area contributed by atoms with Crippen molar-refractivity contribution in [2.45, 2.75) is 29.9 Å². The molecule has 5 nitrogen and oxygen atoms in total. The molecule has 1 saturated carbocycles. The van der Waals surface area contributed by atoms with Crippen LogP contribution >= 0.6 is 0 Å². The number of carboxylic acid groups (broad SMARTS) is 1. The molecular weight excluding hydrogens is 340 g/mol. The molecule has 0 spiro atoms. The van der Waals surface area contributed by atoms with Gasteiger partial charge in [-0.1, -0.05) is 47.5 Å². The standard InChI is InChI=1S/C19H20O5S/c1-12-3-7-14(8-4-12)16-17(19(16,11-20)18(21)22)25(23,24)15-9-5-13(2)6-10-15/h3-10,16-17,20H,11H2,1-2H3,(H,21,22)/t16-,17-,19-/m1/s1. The van der Waals surface area contributed by atoms with Crippen molar-refractivity contribution >= 4 is 15.8 Å². The lowest BCUT2D eigenvalue weighted by molar-refractivity contribution is -0.145. The van der Waals surface area contributed by atoms with E-state index in [2.05, 4.69) is 0 Å². The first-order valence-corrected chi connectivity index (χ1v) is 9.51. The molecule has 0 aromatic heterocycles. The molecular formula is C19H20O5S. The molecule has 2 aromatic rings. The lowest BCUT2D eigenvalue weighted by Gasteiger charge is -2.09. The van der Waals surface area contributed by atoms with E-state index in [0.717, 1.165) is 11.1 Å². The first kappa shape index (κ1) is 17.6. The molecule has 0 saturated heterocycles. The van der Waals surface area contributed by atoms with Crippen LogP contribution in [0.5, 0.6) is 0 Å². The van der Waals surface area contributed by atoms with E-state index in [4.69, 9.17) is 0 Å². The highest BCUT2D eigenvalue weighted by molar-refractivity contribution is 7.92. The fraction of sp³-hybridized carbons (Fsp3) is 0.316. The molecule has 6 heteroatoms. The van der Waals surface area contributed by atoms with Crippen LogP contribution in [0.15, 0.2) is 53.4 Å². The highest BCUT2D eigenvalue weighted by Crippen LogP contribution is 2.64. The number of aryl methyl sites for hydroxylation is 2. The molecule has 2 aromatic carbocycles. The van der Waals surface area contributed by atoms with Crippen LogP contribution in [0.4, 0.5) is 0 Å². The number of rotatable bonds is 5. The summed E-state index contributed by atoms with van der Waals surface area (Å²) in [7, 11) is -3.90. The summed E-state index contributed by atoms with van der Waals surface area (Å²) >= 11 is 0. The summed E-state index contributed by atoms with van der Waals surface area (Å²) in [6, 6.07) is 13.4. The van der Waals surface area contributed by atoms with Crippen molar-refractivity contribution in [2.75, 3.05) is 6.61 Å². The van der Waals surface area contributed by atoms with Gasteiger partial charge in [-0.25, -0.2) is 8.42 Å². The summed E-state index contributed by atoms with van der Waals surface area (Å²) in [5, 5.41) is 18.3. The van der Waals surface area contributed by atoms with Gasteiger partial charge in [0.05, 0.1) is 16.8 Å². The maximum absolute atomic E-state index is 13.1. The lowest BCUT2D eigenvalue weighted by atomic mass is 9.99. The Hall–Kier alpha value is -2.18. The van der Waals surface area contributed by atoms with Crippen molar-refractivity contribution in [3.8, 4) is 0 Å². The number of hydrogen-bond acceptors (Lipinski definition) is 4. The second kappa shape index (κ2) is 5.97. The fourth-order valence-corrected chi connectivity index (χ4v) is 5.86. The summed E-state index contributed by atoms with van der Waals surface area (Å²) < 4.78 is 26.1. The molecule has 3 rings (SSSR count). The van der Waals surface area contributed by atoms with Crippen LogP contribution in [0.25, 0.3) is 0 Å². The Balaban J connectivity index is 2.10. The average molecular weight is 360 g/mol. The quantitative estimate of drug-likeness (QED) is 0.854. The third-order valence-corrected chi connectivity index (χ3v) is 7.33. The van der Waals surface area contributed by atoms with Gasteiger partial charge in [0.15, 0.2) is 9.84 Å². The Morgan fingerprint density at radius 3 is 1.92 bits per heavy atom. The molecule has 0 bridgehead atoms. The number of sulfone groups is 1. The van der Waals surface area contributed by atoms with Crippen molar-refractivity contribution in [3.63, 3.8) is 0 Å². The summed E-state index contributed by atoms with van der Waals surface area (Å²) in [6.07, 6.45) is 0. The monoisotopic (exact) mass is 360 g/mol. The van der Waals surface area contributed by atoms with Gasteiger partial charge in [-0.3, -0.25) is 4.79 Å². The van der Waals surface area contributed by atoms with Crippen LogP contribution in [0, 0.1) is 19.3 Å². The molecule has 132 valence electrons. The van der Waals surface area contributed by atoms with E-state index in [9.17, 15) is 23.4 Å². The Morgan fingerprint density at radius 2 is 1.48 bits per heavy atom. The largest absolute Gasteiger partial charge is 0.481 e. The van der Waals surface area contributed by atoms with Crippen LogP contribution < -0.4 is 0 Å². The van der Waals surface area contributed by atoms with Gasteiger partial charge in [-0.2, -0.15) is 0 Å². The number of carbonyl (C=O) groups is 1. The number of carboxylic acids is 1.